The number of benzene rings is 1. The summed E-state index contributed by atoms with van der Waals surface area (Å²) in [5.41, 5.74) is 5.97. The first-order valence-corrected chi connectivity index (χ1v) is 5.95. The first kappa shape index (κ1) is 11.6. The molecule has 0 heterocycles. The van der Waals surface area contributed by atoms with Crippen molar-refractivity contribution in [2.24, 2.45) is 11.3 Å². The molecule has 1 aromatic carbocycles. The highest BCUT2D eigenvalue weighted by Crippen LogP contribution is 2.49. The second-order valence-electron chi connectivity index (χ2n) is 5.37. The van der Waals surface area contributed by atoms with Crippen LogP contribution in [0.1, 0.15) is 35.1 Å². The molecular formula is C14H21NO. The molecule has 0 saturated heterocycles. The van der Waals surface area contributed by atoms with Crippen LogP contribution in [0.15, 0.2) is 12.1 Å². The van der Waals surface area contributed by atoms with Crippen molar-refractivity contribution in [1.29, 1.82) is 0 Å². The van der Waals surface area contributed by atoms with Crippen LogP contribution in [0.5, 0.6) is 0 Å². The molecule has 2 heteroatoms. The Bertz CT molecular complexity index is 371. The normalized spacial score (nSPS) is 17.5. The van der Waals surface area contributed by atoms with Crippen LogP contribution in [0.2, 0.25) is 0 Å². The van der Waals surface area contributed by atoms with Gasteiger partial charge in [-0.1, -0.05) is 17.7 Å². The molecule has 1 aromatic rings. The quantitative estimate of drug-likeness (QED) is 0.790. The van der Waals surface area contributed by atoms with Crippen molar-refractivity contribution in [3.05, 3.63) is 34.4 Å². The monoisotopic (exact) mass is 219 g/mol. The lowest BCUT2D eigenvalue weighted by atomic mass is 9.90. The number of hydrogen-bond donors (Lipinski definition) is 1. The molecule has 1 aliphatic carbocycles. The van der Waals surface area contributed by atoms with E-state index in [9.17, 15) is 0 Å². The Labute approximate surface area is 97.8 Å². The Morgan fingerprint density at radius 2 is 1.75 bits per heavy atom. The van der Waals surface area contributed by atoms with Crippen LogP contribution in [0.3, 0.4) is 0 Å². The second-order valence-corrected chi connectivity index (χ2v) is 5.37. The third-order valence-electron chi connectivity index (χ3n) is 3.74. The van der Waals surface area contributed by atoms with Crippen molar-refractivity contribution in [2.75, 3.05) is 6.61 Å². The van der Waals surface area contributed by atoms with Crippen LogP contribution < -0.4 is 5.90 Å². The molecule has 0 spiro atoms. The van der Waals surface area contributed by atoms with Gasteiger partial charge in [0.25, 0.3) is 0 Å². The summed E-state index contributed by atoms with van der Waals surface area (Å²) in [7, 11) is 0. The predicted molar refractivity (Wildman–Crippen MR) is 66.2 cm³/mol. The van der Waals surface area contributed by atoms with Crippen LogP contribution in [-0.4, -0.2) is 6.61 Å². The van der Waals surface area contributed by atoms with Gasteiger partial charge >= 0.3 is 0 Å². The lowest BCUT2D eigenvalue weighted by Crippen LogP contribution is -2.17. The van der Waals surface area contributed by atoms with Gasteiger partial charge in [-0.3, -0.25) is 0 Å². The van der Waals surface area contributed by atoms with E-state index < -0.39 is 0 Å². The molecule has 2 N–H and O–H groups in total. The van der Waals surface area contributed by atoms with Crippen LogP contribution in [-0.2, 0) is 11.3 Å². The molecule has 2 rings (SSSR count). The molecule has 0 unspecified atom stereocenters. The SMILES string of the molecule is Cc1cc(C)c(CC2(CON)CC2)c(C)c1. The van der Waals surface area contributed by atoms with Crippen LogP contribution in [0.4, 0.5) is 0 Å². The van der Waals surface area contributed by atoms with E-state index in [1.165, 1.54) is 35.1 Å². The Hall–Kier alpha value is -0.860. The first-order chi connectivity index (χ1) is 7.56. The fraction of sp³-hybridized carbons (Fsp3) is 0.571. The zero-order valence-electron chi connectivity index (χ0n) is 10.5. The van der Waals surface area contributed by atoms with E-state index in [-0.39, 0.29) is 0 Å². The van der Waals surface area contributed by atoms with Gasteiger partial charge in [0.1, 0.15) is 0 Å². The molecule has 0 aliphatic heterocycles. The largest absolute Gasteiger partial charge is 0.304 e. The molecule has 0 amide bonds. The zero-order chi connectivity index (χ0) is 11.8. The third kappa shape index (κ3) is 2.28. The fourth-order valence-corrected chi connectivity index (χ4v) is 2.59. The molecule has 1 saturated carbocycles. The van der Waals surface area contributed by atoms with E-state index in [0.29, 0.717) is 12.0 Å². The van der Waals surface area contributed by atoms with Gasteiger partial charge in [0.15, 0.2) is 0 Å². The zero-order valence-corrected chi connectivity index (χ0v) is 10.5. The van der Waals surface area contributed by atoms with Gasteiger partial charge in [0, 0.05) is 0 Å². The minimum atomic E-state index is 0.333. The van der Waals surface area contributed by atoms with Gasteiger partial charge in [0.2, 0.25) is 0 Å². The molecule has 0 atom stereocenters. The fourth-order valence-electron chi connectivity index (χ4n) is 2.59. The molecule has 1 fully saturated rings. The highest BCUT2D eigenvalue weighted by Gasteiger charge is 2.43. The standard InChI is InChI=1S/C14H21NO/c1-10-6-11(2)13(12(3)7-10)8-14(4-5-14)9-16-15/h6-7H,4-5,8-9,15H2,1-3H3. The van der Waals surface area contributed by atoms with E-state index in [1.807, 2.05) is 0 Å². The van der Waals surface area contributed by atoms with Crippen LogP contribution in [0, 0.1) is 26.2 Å². The van der Waals surface area contributed by atoms with Crippen molar-refractivity contribution < 1.29 is 4.84 Å². The summed E-state index contributed by atoms with van der Waals surface area (Å²) in [6.45, 7) is 7.25. The van der Waals surface area contributed by atoms with E-state index in [0.717, 1.165) is 6.42 Å². The van der Waals surface area contributed by atoms with Gasteiger partial charge in [-0.25, -0.2) is 5.90 Å². The number of rotatable bonds is 4. The Balaban J connectivity index is 2.21. The van der Waals surface area contributed by atoms with Gasteiger partial charge in [-0.15, -0.1) is 0 Å². The lowest BCUT2D eigenvalue weighted by molar-refractivity contribution is 0.0915. The Morgan fingerprint density at radius 1 is 1.19 bits per heavy atom. The number of aryl methyl sites for hydroxylation is 3. The molecule has 0 aromatic heterocycles. The number of hydrogen-bond acceptors (Lipinski definition) is 2. The maximum Gasteiger partial charge on any atom is 0.0738 e. The summed E-state index contributed by atoms with van der Waals surface area (Å²) >= 11 is 0. The minimum Gasteiger partial charge on any atom is -0.304 e. The Morgan fingerprint density at radius 3 is 2.19 bits per heavy atom. The van der Waals surface area contributed by atoms with Crippen LogP contribution >= 0.6 is 0 Å². The van der Waals surface area contributed by atoms with Crippen molar-refractivity contribution >= 4 is 0 Å². The Kier molecular flexibility index (Phi) is 3.04. The lowest BCUT2D eigenvalue weighted by Gasteiger charge is -2.18. The van der Waals surface area contributed by atoms with E-state index >= 15 is 0 Å². The minimum absolute atomic E-state index is 0.333. The maximum atomic E-state index is 5.21. The summed E-state index contributed by atoms with van der Waals surface area (Å²) in [4.78, 5) is 4.84. The van der Waals surface area contributed by atoms with E-state index in [4.69, 9.17) is 10.7 Å². The van der Waals surface area contributed by atoms with E-state index in [1.54, 1.807) is 0 Å². The average molecular weight is 219 g/mol. The topological polar surface area (TPSA) is 35.2 Å². The molecule has 2 nitrogen and oxygen atoms in total. The first-order valence-electron chi connectivity index (χ1n) is 5.95. The van der Waals surface area contributed by atoms with Crippen molar-refractivity contribution in [1.82, 2.24) is 0 Å². The van der Waals surface area contributed by atoms with Crippen molar-refractivity contribution in [3.8, 4) is 0 Å². The van der Waals surface area contributed by atoms with Gasteiger partial charge in [0.05, 0.1) is 6.61 Å². The van der Waals surface area contributed by atoms with Crippen molar-refractivity contribution in [3.63, 3.8) is 0 Å². The third-order valence-corrected chi connectivity index (χ3v) is 3.74. The van der Waals surface area contributed by atoms with Gasteiger partial charge < -0.3 is 4.84 Å². The smallest absolute Gasteiger partial charge is 0.0738 e. The molecule has 16 heavy (non-hydrogen) atoms. The summed E-state index contributed by atoms with van der Waals surface area (Å²) < 4.78 is 0. The summed E-state index contributed by atoms with van der Waals surface area (Å²) in [5.74, 6) is 5.21. The summed E-state index contributed by atoms with van der Waals surface area (Å²) in [5, 5.41) is 0. The van der Waals surface area contributed by atoms with Crippen molar-refractivity contribution in [2.45, 2.75) is 40.0 Å². The summed E-state index contributed by atoms with van der Waals surface area (Å²) in [6, 6.07) is 4.53. The van der Waals surface area contributed by atoms with Crippen LogP contribution in [0.25, 0.3) is 0 Å². The molecule has 0 radical (unpaired) electrons. The highest BCUT2D eigenvalue weighted by molar-refractivity contribution is 5.38. The molecule has 88 valence electrons. The maximum absolute atomic E-state index is 5.21. The average Bonchev–Trinajstić information content (AvgIpc) is 2.93. The van der Waals surface area contributed by atoms with Gasteiger partial charge in [-0.2, -0.15) is 0 Å². The molecular weight excluding hydrogens is 198 g/mol. The highest BCUT2D eigenvalue weighted by atomic mass is 16.6. The molecule has 1 aliphatic rings. The summed E-state index contributed by atoms with van der Waals surface area (Å²) in [6.07, 6.45) is 3.61. The molecule has 0 bridgehead atoms. The van der Waals surface area contributed by atoms with Gasteiger partial charge in [-0.05, 0) is 62.1 Å². The number of nitrogens with two attached hydrogens (primary N) is 1. The van der Waals surface area contributed by atoms with E-state index in [2.05, 4.69) is 32.9 Å². The second kappa shape index (κ2) is 4.19. The predicted octanol–water partition coefficient (Wildman–Crippen LogP) is 2.82.